The van der Waals surface area contributed by atoms with E-state index in [9.17, 15) is 4.79 Å². The Kier molecular flexibility index (Phi) is 8.05. The van der Waals surface area contributed by atoms with Crippen LogP contribution in [0.15, 0.2) is 82.0 Å². The summed E-state index contributed by atoms with van der Waals surface area (Å²) in [4.78, 5) is 16.2. The van der Waals surface area contributed by atoms with Crippen molar-refractivity contribution in [3.8, 4) is 0 Å². The molecule has 0 spiro atoms. The molecule has 3 aromatic rings. The lowest BCUT2D eigenvalue weighted by molar-refractivity contribution is -0.519. The zero-order chi connectivity index (χ0) is 25.8. The molecule has 0 N–H and O–H groups in total. The largest absolute Gasteiger partial charge is 0.372 e. The summed E-state index contributed by atoms with van der Waals surface area (Å²) in [6.45, 7) is 16.9. The van der Waals surface area contributed by atoms with Crippen LogP contribution in [0.3, 0.4) is 0 Å². The fourth-order valence-electron chi connectivity index (χ4n) is 5.11. The third-order valence-corrected chi connectivity index (χ3v) is 8.13. The smallest absolute Gasteiger partial charge is 0.200 e. The molecule has 1 aliphatic carbocycles. The number of rotatable bonds is 7. The summed E-state index contributed by atoms with van der Waals surface area (Å²) in [6.07, 6.45) is 6.66. The number of hydrogen-bond acceptors (Lipinski definition) is 3. The first-order chi connectivity index (χ1) is 17.4. The van der Waals surface area contributed by atoms with Crippen molar-refractivity contribution in [2.45, 2.75) is 41.5 Å². The minimum absolute atomic E-state index is 0.0961. The van der Waals surface area contributed by atoms with Gasteiger partial charge in [0.15, 0.2) is 11.1 Å². The van der Waals surface area contributed by atoms with Crippen molar-refractivity contribution in [3.63, 3.8) is 0 Å². The van der Waals surface area contributed by atoms with Crippen LogP contribution in [0.25, 0.3) is 15.7 Å². The summed E-state index contributed by atoms with van der Waals surface area (Å²) in [5, 5.41) is 2.84. The van der Waals surface area contributed by atoms with Crippen molar-refractivity contribution >= 4 is 38.4 Å². The van der Waals surface area contributed by atoms with Crippen LogP contribution in [0.4, 0.5) is 5.69 Å². The highest BCUT2D eigenvalue weighted by molar-refractivity contribution is 7.16. The van der Waals surface area contributed by atoms with Crippen LogP contribution in [0, 0.1) is 6.92 Å². The molecule has 0 saturated heterocycles. The van der Waals surface area contributed by atoms with Gasteiger partial charge in [0, 0.05) is 57.5 Å². The average molecular weight is 498 g/mol. The van der Waals surface area contributed by atoms with Gasteiger partial charge in [-0.3, -0.25) is 4.79 Å². The fraction of sp³-hybridized carbons (Fsp3) is 0.312. The summed E-state index contributed by atoms with van der Waals surface area (Å²) in [7, 11) is 0. The van der Waals surface area contributed by atoms with E-state index < -0.39 is 0 Å². The molecule has 1 aliphatic rings. The van der Waals surface area contributed by atoms with E-state index in [0.29, 0.717) is 0 Å². The molecule has 0 fully saturated rings. The Hall–Kier alpha value is -3.24. The third-order valence-electron chi connectivity index (χ3n) is 7.17. The fourth-order valence-corrected chi connectivity index (χ4v) is 6.03. The van der Waals surface area contributed by atoms with Crippen LogP contribution in [0.1, 0.15) is 51.3 Å². The molecule has 0 saturated carbocycles. The van der Waals surface area contributed by atoms with Gasteiger partial charge in [-0.1, -0.05) is 18.2 Å². The maximum Gasteiger partial charge on any atom is 0.200 e. The lowest BCUT2D eigenvalue weighted by Crippen LogP contribution is -2.22. The average Bonchev–Trinajstić information content (AvgIpc) is 2.89. The van der Waals surface area contributed by atoms with Crippen LogP contribution in [0.5, 0.6) is 0 Å². The molecule has 4 heteroatoms. The second kappa shape index (κ2) is 11.2. The molecule has 36 heavy (non-hydrogen) atoms. The van der Waals surface area contributed by atoms with Crippen LogP contribution in [-0.4, -0.2) is 36.5 Å². The summed E-state index contributed by atoms with van der Waals surface area (Å²) in [6, 6.07) is 14.6. The van der Waals surface area contributed by atoms with Gasteiger partial charge in [-0.05, 0) is 94.2 Å². The van der Waals surface area contributed by atoms with E-state index in [1.54, 1.807) is 11.3 Å². The van der Waals surface area contributed by atoms with Crippen LogP contribution in [-0.2, 0) is 0 Å². The van der Waals surface area contributed by atoms with Crippen LogP contribution >= 0.6 is 11.3 Å². The van der Waals surface area contributed by atoms with Crippen molar-refractivity contribution in [3.05, 3.63) is 104 Å². The molecule has 4 rings (SSSR count). The highest BCUT2D eigenvalue weighted by Crippen LogP contribution is 2.36. The first-order valence-electron chi connectivity index (χ1n) is 13.0. The summed E-state index contributed by atoms with van der Waals surface area (Å²) in [5.74, 6) is 0. The predicted molar refractivity (Wildman–Crippen MR) is 158 cm³/mol. The molecule has 2 aromatic carbocycles. The van der Waals surface area contributed by atoms with Gasteiger partial charge in [-0.15, -0.1) is 11.3 Å². The summed E-state index contributed by atoms with van der Waals surface area (Å²) in [5.41, 5.74) is 8.92. The molecule has 0 radical (unpaired) electrons. The van der Waals surface area contributed by atoms with E-state index in [0.717, 1.165) is 58.5 Å². The maximum absolute atomic E-state index is 13.8. The summed E-state index contributed by atoms with van der Waals surface area (Å²) >= 11 is 1.64. The SMILES string of the molecule is CCN(CC)c1ccc(/C(=C2\C=CC(=[N+](CC)CC)C=C2C)c2csc3ccccc3c2=O)c(C)c1. The Morgan fingerprint density at radius 1 is 0.917 bits per heavy atom. The molecule has 0 unspecified atom stereocenters. The van der Waals surface area contributed by atoms with Crippen LogP contribution < -0.4 is 10.3 Å². The molecule has 186 valence electrons. The van der Waals surface area contributed by atoms with E-state index in [4.69, 9.17) is 0 Å². The quantitative estimate of drug-likeness (QED) is 0.322. The molecule has 1 aromatic heterocycles. The van der Waals surface area contributed by atoms with Gasteiger partial charge in [0.1, 0.15) is 13.1 Å². The third kappa shape index (κ3) is 4.87. The number of fused-ring (bicyclic) bond motifs is 1. The highest BCUT2D eigenvalue weighted by Gasteiger charge is 2.22. The van der Waals surface area contributed by atoms with Crippen molar-refractivity contribution in [1.29, 1.82) is 0 Å². The van der Waals surface area contributed by atoms with Gasteiger partial charge in [0.2, 0.25) is 0 Å². The first kappa shape index (κ1) is 25.8. The standard InChI is InChI=1S/C32H37N2OS/c1-7-33(8-2)24-15-17-26(22(5)19-24)31(27-18-16-25(20-23(27)6)34(9-3)10-4)29-21-36-30-14-12-11-13-28(30)32(29)35/h11-21H,7-10H2,1-6H3/q+1. The molecule has 3 nitrogen and oxygen atoms in total. The number of allylic oxidation sites excluding steroid dienone is 5. The minimum atomic E-state index is 0.0961. The summed E-state index contributed by atoms with van der Waals surface area (Å²) < 4.78 is 3.38. The van der Waals surface area contributed by atoms with Gasteiger partial charge in [-0.2, -0.15) is 0 Å². The van der Waals surface area contributed by atoms with Crippen molar-refractivity contribution in [2.24, 2.45) is 0 Å². The number of benzene rings is 2. The molecule has 0 bridgehead atoms. The Morgan fingerprint density at radius 2 is 1.64 bits per heavy atom. The second-order valence-electron chi connectivity index (χ2n) is 9.19. The Balaban J connectivity index is 2.00. The molecule has 1 heterocycles. The highest BCUT2D eigenvalue weighted by atomic mass is 32.1. The predicted octanol–water partition coefficient (Wildman–Crippen LogP) is 7.23. The van der Waals surface area contributed by atoms with E-state index in [-0.39, 0.29) is 5.43 Å². The molecular weight excluding hydrogens is 460 g/mol. The van der Waals surface area contributed by atoms with Gasteiger partial charge < -0.3 is 4.90 Å². The Morgan fingerprint density at radius 3 is 2.28 bits per heavy atom. The number of aryl methyl sites for hydroxylation is 1. The van der Waals surface area contributed by atoms with E-state index in [1.165, 1.54) is 22.5 Å². The zero-order valence-corrected chi connectivity index (χ0v) is 23.2. The molecule has 0 atom stereocenters. The normalized spacial score (nSPS) is 14.7. The maximum atomic E-state index is 13.8. The van der Waals surface area contributed by atoms with Gasteiger partial charge in [0.05, 0.1) is 0 Å². The second-order valence-corrected chi connectivity index (χ2v) is 10.1. The monoisotopic (exact) mass is 497 g/mol. The minimum Gasteiger partial charge on any atom is -0.372 e. The van der Waals surface area contributed by atoms with Crippen molar-refractivity contribution in [1.82, 2.24) is 0 Å². The first-order valence-corrected chi connectivity index (χ1v) is 13.9. The molecule has 0 aliphatic heterocycles. The van der Waals surface area contributed by atoms with Crippen molar-refractivity contribution < 1.29 is 4.58 Å². The molecule has 0 amide bonds. The lowest BCUT2D eigenvalue weighted by atomic mass is 9.86. The molecular formula is C32H37N2OS+. The van der Waals surface area contributed by atoms with E-state index in [1.807, 2.05) is 24.3 Å². The van der Waals surface area contributed by atoms with Gasteiger partial charge in [-0.25, -0.2) is 4.58 Å². The topological polar surface area (TPSA) is 23.3 Å². The number of anilines is 1. The number of nitrogens with zero attached hydrogens (tertiary/aromatic N) is 2. The van der Waals surface area contributed by atoms with E-state index >= 15 is 0 Å². The Labute approximate surface area is 219 Å². The lowest BCUT2D eigenvalue weighted by Gasteiger charge is -2.23. The van der Waals surface area contributed by atoms with Crippen molar-refractivity contribution in [2.75, 3.05) is 31.1 Å². The van der Waals surface area contributed by atoms with Gasteiger partial charge in [0.25, 0.3) is 0 Å². The number of hydrogen-bond donors (Lipinski definition) is 0. The zero-order valence-electron chi connectivity index (χ0n) is 22.4. The Bertz CT molecular complexity index is 1460. The van der Waals surface area contributed by atoms with E-state index in [2.05, 4.69) is 92.8 Å². The van der Waals surface area contributed by atoms with Crippen LogP contribution in [0.2, 0.25) is 0 Å². The van der Waals surface area contributed by atoms with Gasteiger partial charge >= 0.3 is 0 Å².